The van der Waals surface area contributed by atoms with Crippen LogP contribution in [0.1, 0.15) is 5.56 Å². The van der Waals surface area contributed by atoms with Crippen molar-refractivity contribution in [2.45, 2.75) is 6.54 Å². The van der Waals surface area contributed by atoms with E-state index >= 15 is 0 Å². The van der Waals surface area contributed by atoms with E-state index in [0.29, 0.717) is 11.7 Å². The minimum Gasteiger partial charge on any atom is -0.268 e. The third-order valence-electron chi connectivity index (χ3n) is 2.88. The van der Waals surface area contributed by atoms with Crippen molar-refractivity contribution in [1.82, 2.24) is 14.8 Å². The third kappa shape index (κ3) is 2.83. The number of nitrogens with zero attached hydrogens (tertiary/aromatic N) is 3. The van der Waals surface area contributed by atoms with Gasteiger partial charge in [-0.05, 0) is 23.3 Å². The summed E-state index contributed by atoms with van der Waals surface area (Å²) in [6, 6.07) is 14.0. The second kappa shape index (κ2) is 5.24. The fourth-order valence-electron chi connectivity index (χ4n) is 1.96. The Hall–Kier alpha value is -2.13. The first-order valence-electron chi connectivity index (χ1n) is 5.99. The molecule has 0 atom stereocenters. The molecule has 3 aromatic rings. The van der Waals surface area contributed by atoms with E-state index in [2.05, 4.69) is 22.2 Å². The van der Waals surface area contributed by atoms with Crippen LogP contribution in [-0.2, 0) is 6.54 Å². The van der Waals surface area contributed by atoms with Crippen molar-refractivity contribution in [2.24, 2.45) is 0 Å². The zero-order valence-corrected chi connectivity index (χ0v) is 11.0. The van der Waals surface area contributed by atoms with Gasteiger partial charge in [-0.1, -0.05) is 41.9 Å². The monoisotopic (exact) mass is 269 g/mol. The predicted molar refractivity (Wildman–Crippen MR) is 76.0 cm³/mol. The lowest BCUT2D eigenvalue weighted by atomic mass is 10.1. The van der Waals surface area contributed by atoms with Gasteiger partial charge in [0.2, 0.25) is 0 Å². The highest BCUT2D eigenvalue weighted by molar-refractivity contribution is 6.29. The number of rotatable bonds is 3. The van der Waals surface area contributed by atoms with Crippen molar-refractivity contribution in [1.29, 1.82) is 0 Å². The van der Waals surface area contributed by atoms with E-state index in [-0.39, 0.29) is 0 Å². The standard InChI is InChI=1S/C15H12ClN3/c16-15-8-12(6-7-17-15)10-19-11-14(9-18-19)13-4-2-1-3-5-13/h1-9,11H,10H2. The highest BCUT2D eigenvalue weighted by atomic mass is 35.5. The van der Waals surface area contributed by atoms with E-state index in [0.717, 1.165) is 11.1 Å². The first-order chi connectivity index (χ1) is 9.31. The molecule has 1 aromatic carbocycles. The Morgan fingerprint density at radius 3 is 2.68 bits per heavy atom. The summed E-state index contributed by atoms with van der Waals surface area (Å²) in [6.45, 7) is 0.690. The van der Waals surface area contributed by atoms with Crippen LogP contribution in [0.15, 0.2) is 61.1 Å². The zero-order valence-electron chi connectivity index (χ0n) is 10.2. The fourth-order valence-corrected chi connectivity index (χ4v) is 2.15. The van der Waals surface area contributed by atoms with Gasteiger partial charge >= 0.3 is 0 Å². The molecule has 19 heavy (non-hydrogen) atoms. The van der Waals surface area contributed by atoms with E-state index in [4.69, 9.17) is 11.6 Å². The topological polar surface area (TPSA) is 30.7 Å². The van der Waals surface area contributed by atoms with Crippen molar-refractivity contribution in [3.63, 3.8) is 0 Å². The second-order valence-corrected chi connectivity index (χ2v) is 4.67. The van der Waals surface area contributed by atoms with Gasteiger partial charge in [0.25, 0.3) is 0 Å². The summed E-state index contributed by atoms with van der Waals surface area (Å²) < 4.78 is 1.90. The molecule has 0 saturated carbocycles. The van der Waals surface area contributed by atoms with Gasteiger partial charge in [0.1, 0.15) is 5.15 Å². The molecule has 2 aromatic heterocycles. The number of benzene rings is 1. The number of aromatic nitrogens is 3. The van der Waals surface area contributed by atoms with Gasteiger partial charge in [-0.3, -0.25) is 4.68 Å². The smallest absolute Gasteiger partial charge is 0.129 e. The van der Waals surface area contributed by atoms with Gasteiger partial charge in [0.05, 0.1) is 12.7 Å². The minimum atomic E-state index is 0.507. The Balaban J connectivity index is 1.82. The summed E-state index contributed by atoms with van der Waals surface area (Å²) in [5.41, 5.74) is 3.37. The van der Waals surface area contributed by atoms with Crippen LogP contribution in [-0.4, -0.2) is 14.8 Å². The molecule has 2 heterocycles. The molecule has 0 spiro atoms. The normalized spacial score (nSPS) is 10.6. The molecule has 94 valence electrons. The van der Waals surface area contributed by atoms with Crippen LogP contribution < -0.4 is 0 Å². The Morgan fingerprint density at radius 2 is 1.89 bits per heavy atom. The average Bonchev–Trinajstić information content (AvgIpc) is 2.88. The molecule has 0 saturated heterocycles. The highest BCUT2D eigenvalue weighted by Gasteiger charge is 2.02. The van der Waals surface area contributed by atoms with E-state index in [1.807, 2.05) is 47.4 Å². The molecule has 0 unspecified atom stereocenters. The number of hydrogen-bond donors (Lipinski definition) is 0. The number of hydrogen-bond acceptors (Lipinski definition) is 2. The molecule has 0 bridgehead atoms. The van der Waals surface area contributed by atoms with Crippen molar-refractivity contribution in [3.05, 3.63) is 71.8 Å². The quantitative estimate of drug-likeness (QED) is 0.680. The average molecular weight is 270 g/mol. The van der Waals surface area contributed by atoms with Crippen LogP contribution >= 0.6 is 11.6 Å². The van der Waals surface area contributed by atoms with Crippen LogP contribution in [0.5, 0.6) is 0 Å². The Kier molecular flexibility index (Phi) is 3.29. The molecule has 0 aliphatic rings. The van der Waals surface area contributed by atoms with Gasteiger partial charge in [-0.2, -0.15) is 5.10 Å². The summed E-state index contributed by atoms with van der Waals surface area (Å²) in [5, 5.41) is 4.88. The molecule has 0 radical (unpaired) electrons. The third-order valence-corrected chi connectivity index (χ3v) is 3.08. The molecule has 0 amide bonds. The van der Waals surface area contributed by atoms with Crippen molar-refractivity contribution < 1.29 is 0 Å². The van der Waals surface area contributed by atoms with Crippen molar-refractivity contribution in [3.8, 4) is 11.1 Å². The molecule has 0 N–H and O–H groups in total. The first-order valence-corrected chi connectivity index (χ1v) is 6.37. The number of halogens is 1. The summed E-state index contributed by atoms with van der Waals surface area (Å²) >= 11 is 5.87. The SMILES string of the molecule is Clc1cc(Cn2cc(-c3ccccc3)cn2)ccn1. The van der Waals surface area contributed by atoms with Gasteiger partial charge in [0.15, 0.2) is 0 Å². The van der Waals surface area contributed by atoms with Crippen LogP contribution in [0.25, 0.3) is 11.1 Å². The molecule has 0 aliphatic heterocycles. The second-order valence-electron chi connectivity index (χ2n) is 4.28. The van der Waals surface area contributed by atoms with Crippen LogP contribution in [0.2, 0.25) is 5.15 Å². The largest absolute Gasteiger partial charge is 0.268 e. The van der Waals surface area contributed by atoms with Crippen LogP contribution in [0.3, 0.4) is 0 Å². The zero-order chi connectivity index (χ0) is 13.1. The van der Waals surface area contributed by atoms with Gasteiger partial charge in [-0.25, -0.2) is 4.98 Å². The van der Waals surface area contributed by atoms with Crippen molar-refractivity contribution in [2.75, 3.05) is 0 Å². The maximum atomic E-state index is 5.87. The van der Waals surface area contributed by atoms with Gasteiger partial charge < -0.3 is 0 Å². The van der Waals surface area contributed by atoms with E-state index < -0.39 is 0 Å². The maximum absolute atomic E-state index is 5.87. The Labute approximate surface area is 116 Å². The summed E-state index contributed by atoms with van der Waals surface area (Å²) in [7, 11) is 0. The lowest BCUT2D eigenvalue weighted by Gasteiger charge is -2.01. The van der Waals surface area contributed by atoms with Crippen molar-refractivity contribution >= 4 is 11.6 Å². The lowest BCUT2D eigenvalue weighted by molar-refractivity contribution is 0.686. The highest BCUT2D eigenvalue weighted by Crippen LogP contribution is 2.18. The Morgan fingerprint density at radius 1 is 1.05 bits per heavy atom. The fraction of sp³-hybridized carbons (Fsp3) is 0.0667. The van der Waals surface area contributed by atoms with E-state index in [1.54, 1.807) is 6.20 Å². The van der Waals surface area contributed by atoms with Crippen LogP contribution in [0, 0.1) is 0 Å². The molecule has 3 nitrogen and oxygen atoms in total. The van der Waals surface area contributed by atoms with Crippen LogP contribution in [0.4, 0.5) is 0 Å². The molecule has 3 rings (SSSR count). The molecule has 4 heteroatoms. The summed E-state index contributed by atoms with van der Waals surface area (Å²) in [4.78, 5) is 3.97. The van der Waals surface area contributed by atoms with Gasteiger partial charge in [0, 0.05) is 18.0 Å². The summed E-state index contributed by atoms with van der Waals surface area (Å²) in [5.74, 6) is 0. The maximum Gasteiger partial charge on any atom is 0.129 e. The van der Waals surface area contributed by atoms with Gasteiger partial charge in [-0.15, -0.1) is 0 Å². The van der Waals surface area contributed by atoms with E-state index in [9.17, 15) is 0 Å². The molecule has 0 aliphatic carbocycles. The predicted octanol–water partition coefficient (Wildman–Crippen LogP) is 3.65. The minimum absolute atomic E-state index is 0.507. The Bertz CT molecular complexity index is 677. The molecule has 0 fully saturated rings. The summed E-state index contributed by atoms with van der Waals surface area (Å²) in [6.07, 6.45) is 5.61. The first kappa shape index (κ1) is 11.9. The molecular weight excluding hydrogens is 258 g/mol. The lowest BCUT2D eigenvalue weighted by Crippen LogP contribution is -1.99. The number of pyridine rings is 1. The molecular formula is C15H12ClN3. The van der Waals surface area contributed by atoms with E-state index in [1.165, 1.54) is 5.56 Å².